The summed E-state index contributed by atoms with van der Waals surface area (Å²) in [5.74, 6) is 0.797. The predicted molar refractivity (Wildman–Crippen MR) is 99.4 cm³/mol. The van der Waals surface area contributed by atoms with Crippen LogP contribution >= 0.6 is 11.3 Å². The van der Waals surface area contributed by atoms with Gasteiger partial charge in [0.25, 0.3) is 0 Å². The van der Waals surface area contributed by atoms with Crippen LogP contribution in [-0.4, -0.2) is 32.1 Å². The minimum absolute atomic E-state index is 0.738. The summed E-state index contributed by atoms with van der Waals surface area (Å²) in [4.78, 5) is 12.1. The summed E-state index contributed by atoms with van der Waals surface area (Å²) in [6, 6.07) is 8.47. The summed E-state index contributed by atoms with van der Waals surface area (Å²) in [6.07, 6.45) is 0. The van der Waals surface area contributed by atoms with Crippen LogP contribution in [0.15, 0.2) is 29.3 Å². The van der Waals surface area contributed by atoms with Gasteiger partial charge in [0.05, 0.1) is 17.2 Å². The smallest absolute Gasteiger partial charge is 0.191 e. The lowest BCUT2D eigenvalue weighted by Gasteiger charge is -2.15. The topological polar surface area (TPSA) is 52.6 Å². The lowest BCUT2D eigenvalue weighted by molar-refractivity contribution is 0.811. The Morgan fingerprint density at radius 3 is 2.57 bits per heavy atom. The molecule has 0 atom stereocenters. The number of anilines is 1. The second kappa shape index (κ2) is 7.97. The van der Waals surface area contributed by atoms with Crippen LogP contribution in [0.25, 0.3) is 0 Å². The number of rotatable bonds is 5. The first-order valence-electron chi connectivity index (χ1n) is 7.63. The Kier molecular flexibility index (Phi) is 5.98. The molecule has 0 aliphatic rings. The molecule has 23 heavy (non-hydrogen) atoms. The molecule has 6 heteroatoms. The molecule has 2 aromatic rings. The van der Waals surface area contributed by atoms with Gasteiger partial charge in [0.15, 0.2) is 5.96 Å². The number of thiazole rings is 1. The molecule has 0 radical (unpaired) electrons. The number of nitrogens with zero attached hydrogens (tertiary/aromatic N) is 3. The average Bonchev–Trinajstić information content (AvgIpc) is 2.85. The third-order valence-corrected chi connectivity index (χ3v) is 4.60. The molecule has 2 rings (SSSR count). The molecule has 0 amide bonds. The van der Waals surface area contributed by atoms with Gasteiger partial charge in [0.2, 0.25) is 0 Å². The molecular formula is C17H25N5S. The lowest BCUT2D eigenvalue weighted by Crippen LogP contribution is -2.36. The van der Waals surface area contributed by atoms with Crippen molar-refractivity contribution >= 4 is 23.0 Å². The van der Waals surface area contributed by atoms with Crippen molar-refractivity contribution in [1.29, 1.82) is 0 Å². The molecule has 0 unspecified atom stereocenters. The van der Waals surface area contributed by atoms with Gasteiger partial charge in [-0.2, -0.15) is 0 Å². The lowest BCUT2D eigenvalue weighted by atomic mass is 10.2. The summed E-state index contributed by atoms with van der Waals surface area (Å²) in [7, 11) is 5.88. The van der Waals surface area contributed by atoms with E-state index in [-0.39, 0.29) is 0 Å². The summed E-state index contributed by atoms with van der Waals surface area (Å²) >= 11 is 1.72. The molecule has 0 spiro atoms. The standard InChI is InChI=1S/C17H25N5S/c1-12-16(23-13(2)21-12)11-20-17(18-3)19-10-14-7-6-8-15(9-14)22(4)5/h6-9H,10-11H2,1-5H3,(H2,18,19,20). The minimum Gasteiger partial charge on any atom is -0.378 e. The van der Waals surface area contributed by atoms with Crippen LogP contribution in [0.5, 0.6) is 0 Å². The second-order valence-electron chi connectivity index (χ2n) is 5.59. The van der Waals surface area contributed by atoms with Crippen LogP contribution in [0.2, 0.25) is 0 Å². The van der Waals surface area contributed by atoms with Gasteiger partial charge in [-0.05, 0) is 31.5 Å². The molecule has 0 saturated carbocycles. The number of guanidine groups is 1. The van der Waals surface area contributed by atoms with Crippen LogP contribution in [-0.2, 0) is 13.1 Å². The van der Waals surface area contributed by atoms with Crippen LogP contribution in [0.4, 0.5) is 5.69 Å². The van der Waals surface area contributed by atoms with Gasteiger partial charge in [-0.1, -0.05) is 12.1 Å². The number of benzene rings is 1. The summed E-state index contributed by atoms with van der Waals surface area (Å²) in [5, 5.41) is 7.80. The number of nitrogens with one attached hydrogen (secondary N) is 2. The number of hydrogen-bond donors (Lipinski definition) is 2. The fraction of sp³-hybridized carbons (Fsp3) is 0.412. The maximum absolute atomic E-state index is 4.45. The van der Waals surface area contributed by atoms with E-state index < -0.39 is 0 Å². The molecule has 1 heterocycles. The highest BCUT2D eigenvalue weighted by Crippen LogP contribution is 2.16. The van der Waals surface area contributed by atoms with E-state index >= 15 is 0 Å². The Hall–Kier alpha value is -2.08. The van der Waals surface area contributed by atoms with Gasteiger partial charge in [-0.25, -0.2) is 4.98 Å². The van der Waals surface area contributed by atoms with Gasteiger partial charge < -0.3 is 15.5 Å². The Morgan fingerprint density at radius 1 is 1.22 bits per heavy atom. The number of aromatic nitrogens is 1. The number of aliphatic imine (C=N–C) groups is 1. The molecule has 0 saturated heterocycles. The largest absolute Gasteiger partial charge is 0.378 e. The van der Waals surface area contributed by atoms with Crippen molar-refractivity contribution in [3.05, 3.63) is 45.4 Å². The van der Waals surface area contributed by atoms with E-state index in [1.165, 1.54) is 16.1 Å². The zero-order chi connectivity index (χ0) is 16.8. The average molecular weight is 331 g/mol. The molecule has 0 bridgehead atoms. The summed E-state index contributed by atoms with van der Waals surface area (Å²) in [5.41, 5.74) is 3.51. The predicted octanol–water partition coefficient (Wildman–Crippen LogP) is 2.69. The summed E-state index contributed by atoms with van der Waals surface area (Å²) < 4.78 is 0. The molecule has 0 aliphatic heterocycles. The van der Waals surface area contributed by atoms with E-state index in [1.807, 2.05) is 27.9 Å². The maximum atomic E-state index is 4.45. The van der Waals surface area contributed by atoms with E-state index in [1.54, 1.807) is 18.4 Å². The fourth-order valence-electron chi connectivity index (χ4n) is 2.25. The van der Waals surface area contributed by atoms with Gasteiger partial charge in [-0.15, -0.1) is 11.3 Å². The Labute approximate surface area is 142 Å². The van der Waals surface area contributed by atoms with Gasteiger partial charge in [-0.3, -0.25) is 4.99 Å². The maximum Gasteiger partial charge on any atom is 0.191 e. The second-order valence-corrected chi connectivity index (χ2v) is 6.87. The highest BCUT2D eigenvalue weighted by molar-refractivity contribution is 7.11. The minimum atomic E-state index is 0.738. The Morgan fingerprint density at radius 2 is 1.96 bits per heavy atom. The van der Waals surface area contributed by atoms with Crippen LogP contribution in [0.1, 0.15) is 21.1 Å². The van der Waals surface area contributed by atoms with Crippen LogP contribution in [0, 0.1) is 13.8 Å². The van der Waals surface area contributed by atoms with E-state index in [2.05, 4.69) is 49.8 Å². The van der Waals surface area contributed by atoms with Crippen molar-refractivity contribution < 1.29 is 0 Å². The zero-order valence-electron chi connectivity index (χ0n) is 14.5. The Balaban J connectivity index is 1.90. The third kappa shape index (κ3) is 4.96. The van der Waals surface area contributed by atoms with Crippen molar-refractivity contribution in [2.24, 2.45) is 4.99 Å². The first-order valence-corrected chi connectivity index (χ1v) is 8.45. The molecule has 1 aromatic heterocycles. The molecular weight excluding hydrogens is 306 g/mol. The molecule has 5 nitrogen and oxygen atoms in total. The monoisotopic (exact) mass is 331 g/mol. The summed E-state index contributed by atoms with van der Waals surface area (Å²) in [6.45, 7) is 5.56. The van der Waals surface area contributed by atoms with Crippen LogP contribution in [0.3, 0.4) is 0 Å². The van der Waals surface area contributed by atoms with Crippen molar-refractivity contribution in [1.82, 2.24) is 15.6 Å². The molecule has 1 aromatic carbocycles. The van der Waals surface area contributed by atoms with E-state index in [4.69, 9.17) is 0 Å². The van der Waals surface area contributed by atoms with E-state index in [0.29, 0.717) is 0 Å². The third-order valence-electron chi connectivity index (χ3n) is 3.53. The van der Waals surface area contributed by atoms with Gasteiger partial charge >= 0.3 is 0 Å². The van der Waals surface area contributed by atoms with Crippen LogP contribution < -0.4 is 15.5 Å². The SMILES string of the molecule is CN=C(NCc1cccc(N(C)C)c1)NCc1sc(C)nc1C. The first-order chi connectivity index (χ1) is 11.0. The van der Waals surface area contributed by atoms with Crippen molar-refractivity contribution in [2.45, 2.75) is 26.9 Å². The first kappa shape index (κ1) is 17.3. The number of hydrogen-bond acceptors (Lipinski definition) is 4. The quantitative estimate of drug-likeness (QED) is 0.653. The molecule has 0 aliphatic carbocycles. The van der Waals surface area contributed by atoms with E-state index in [9.17, 15) is 0 Å². The molecule has 0 fully saturated rings. The van der Waals surface area contributed by atoms with Crippen molar-refractivity contribution in [2.75, 3.05) is 26.0 Å². The highest BCUT2D eigenvalue weighted by Gasteiger charge is 2.06. The molecule has 124 valence electrons. The fourth-order valence-corrected chi connectivity index (χ4v) is 3.13. The van der Waals surface area contributed by atoms with Crippen molar-refractivity contribution in [3.63, 3.8) is 0 Å². The Bertz CT molecular complexity index is 675. The number of aryl methyl sites for hydroxylation is 2. The normalized spacial score (nSPS) is 11.4. The zero-order valence-corrected chi connectivity index (χ0v) is 15.3. The van der Waals surface area contributed by atoms with Gasteiger partial charge in [0, 0.05) is 38.3 Å². The highest BCUT2D eigenvalue weighted by atomic mass is 32.1. The van der Waals surface area contributed by atoms with Gasteiger partial charge in [0.1, 0.15) is 0 Å². The van der Waals surface area contributed by atoms with E-state index in [0.717, 1.165) is 29.8 Å². The van der Waals surface area contributed by atoms with Crippen molar-refractivity contribution in [3.8, 4) is 0 Å². The molecule has 2 N–H and O–H groups in total.